The summed E-state index contributed by atoms with van der Waals surface area (Å²) < 4.78 is 5.34. The smallest absolute Gasteiger partial charge is 0.262 e. The van der Waals surface area contributed by atoms with Gasteiger partial charge in [-0.15, -0.1) is 0 Å². The molecule has 20 heavy (non-hydrogen) atoms. The fourth-order valence-corrected chi connectivity index (χ4v) is 1.70. The number of anilines is 1. The van der Waals surface area contributed by atoms with Gasteiger partial charge in [0.2, 0.25) is 0 Å². The van der Waals surface area contributed by atoms with E-state index in [4.69, 9.17) is 4.74 Å². The Morgan fingerprint density at radius 2 is 2.05 bits per heavy atom. The molecule has 0 unspecified atom stereocenters. The van der Waals surface area contributed by atoms with Crippen LogP contribution in [-0.4, -0.2) is 29.0 Å². The van der Waals surface area contributed by atoms with Gasteiger partial charge in [-0.2, -0.15) is 5.10 Å². The number of carbonyl (C=O) groups excluding carboxylic acids is 2. The van der Waals surface area contributed by atoms with Gasteiger partial charge >= 0.3 is 0 Å². The van der Waals surface area contributed by atoms with E-state index in [2.05, 4.69) is 15.5 Å². The van der Waals surface area contributed by atoms with E-state index in [-0.39, 0.29) is 12.5 Å². The van der Waals surface area contributed by atoms with E-state index >= 15 is 0 Å². The maximum absolute atomic E-state index is 11.8. The largest absolute Gasteiger partial charge is 0.484 e. The standard InChI is InChI=1S/C14H15N3O3/c1-9-14(10(2)17-16-9)15-13(19)8-20-12-5-3-11(7-18)4-6-12/h3-7H,8H2,1-2H3,(H,15,19)(H,16,17). The van der Waals surface area contributed by atoms with Crippen molar-refractivity contribution in [2.45, 2.75) is 13.8 Å². The van der Waals surface area contributed by atoms with Gasteiger partial charge in [-0.3, -0.25) is 14.7 Å². The summed E-state index contributed by atoms with van der Waals surface area (Å²) >= 11 is 0. The van der Waals surface area contributed by atoms with Crippen LogP contribution >= 0.6 is 0 Å². The minimum Gasteiger partial charge on any atom is -0.484 e. The highest BCUT2D eigenvalue weighted by molar-refractivity contribution is 5.92. The second-order valence-electron chi connectivity index (χ2n) is 4.33. The first-order chi connectivity index (χ1) is 9.60. The molecule has 0 spiro atoms. The monoisotopic (exact) mass is 273 g/mol. The van der Waals surface area contributed by atoms with Crippen molar-refractivity contribution in [3.63, 3.8) is 0 Å². The molecule has 2 N–H and O–H groups in total. The molecule has 0 atom stereocenters. The van der Waals surface area contributed by atoms with Crippen LogP contribution in [-0.2, 0) is 4.79 Å². The van der Waals surface area contributed by atoms with Crippen molar-refractivity contribution in [3.8, 4) is 5.75 Å². The van der Waals surface area contributed by atoms with Gasteiger partial charge in [0.05, 0.1) is 17.1 Å². The predicted octanol–water partition coefficient (Wildman–Crippen LogP) is 1.86. The molecule has 2 rings (SSSR count). The Balaban J connectivity index is 1.90. The number of H-pyrrole nitrogens is 1. The molecule has 1 heterocycles. The zero-order valence-corrected chi connectivity index (χ0v) is 11.3. The predicted molar refractivity (Wildman–Crippen MR) is 74.0 cm³/mol. The number of nitrogens with one attached hydrogen (secondary N) is 2. The molecule has 1 aromatic heterocycles. The maximum Gasteiger partial charge on any atom is 0.262 e. The Hall–Kier alpha value is -2.63. The van der Waals surface area contributed by atoms with E-state index < -0.39 is 0 Å². The van der Waals surface area contributed by atoms with Crippen LogP contribution in [0, 0.1) is 13.8 Å². The van der Waals surface area contributed by atoms with Gasteiger partial charge < -0.3 is 10.1 Å². The minimum absolute atomic E-state index is 0.107. The summed E-state index contributed by atoms with van der Waals surface area (Å²) in [6, 6.07) is 6.55. The van der Waals surface area contributed by atoms with Crippen LogP contribution in [0.25, 0.3) is 0 Å². The first-order valence-electron chi connectivity index (χ1n) is 6.09. The summed E-state index contributed by atoms with van der Waals surface area (Å²) in [5.41, 5.74) is 2.76. The number of hydrogen-bond donors (Lipinski definition) is 2. The van der Waals surface area contributed by atoms with E-state index in [1.807, 2.05) is 6.92 Å². The second-order valence-corrected chi connectivity index (χ2v) is 4.33. The quantitative estimate of drug-likeness (QED) is 0.814. The Morgan fingerprint density at radius 1 is 1.35 bits per heavy atom. The number of aldehydes is 1. The maximum atomic E-state index is 11.8. The van der Waals surface area contributed by atoms with Gasteiger partial charge in [0.25, 0.3) is 5.91 Å². The van der Waals surface area contributed by atoms with E-state index in [0.29, 0.717) is 17.0 Å². The van der Waals surface area contributed by atoms with Gasteiger partial charge in [-0.1, -0.05) is 0 Å². The van der Waals surface area contributed by atoms with E-state index in [1.165, 1.54) is 0 Å². The van der Waals surface area contributed by atoms with Gasteiger partial charge in [-0.05, 0) is 38.1 Å². The van der Waals surface area contributed by atoms with E-state index in [0.717, 1.165) is 17.7 Å². The summed E-state index contributed by atoms with van der Waals surface area (Å²) in [4.78, 5) is 22.3. The van der Waals surface area contributed by atoms with Crippen molar-refractivity contribution < 1.29 is 14.3 Å². The number of aromatic amines is 1. The third-order valence-corrected chi connectivity index (χ3v) is 2.78. The molecular weight excluding hydrogens is 258 g/mol. The molecule has 0 saturated heterocycles. The van der Waals surface area contributed by atoms with Crippen LogP contribution < -0.4 is 10.1 Å². The van der Waals surface area contributed by atoms with Crippen LogP contribution in [0.1, 0.15) is 21.7 Å². The summed E-state index contributed by atoms with van der Waals surface area (Å²) in [6.45, 7) is 3.53. The first kappa shape index (κ1) is 13.8. The third kappa shape index (κ3) is 3.23. The third-order valence-electron chi connectivity index (χ3n) is 2.78. The molecule has 6 nitrogen and oxygen atoms in total. The minimum atomic E-state index is -0.267. The SMILES string of the molecule is Cc1n[nH]c(C)c1NC(=O)COc1ccc(C=O)cc1. The van der Waals surface area contributed by atoms with Crippen LogP contribution in [0.15, 0.2) is 24.3 Å². The average molecular weight is 273 g/mol. The Kier molecular flexibility index (Phi) is 4.14. The number of rotatable bonds is 5. The molecular formula is C14H15N3O3. The highest BCUT2D eigenvalue weighted by atomic mass is 16.5. The summed E-state index contributed by atoms with van der Waals surface area (Å²) in [5, 5.41) is 9.52. The van der Waals surface area contributed by atoms with Crippen molar-refractivity contribution in [3.05, 3.63) is 41.2 Å². The van der Waals surface area contributed by atoms with Gasteiger partial charge in [0.1, 0.15) is 12.0 Å². The molecule has 2 aromatic rings. The van der Waals surface area contributed by atoms with Gasteiger partial charge in [-0.25, -0.2) is 0 Å². The van der Waals surface area contributed by atoms with Crippen molar-refractivity contribution >= 4 is 17.9 Å². The summed E-state index contributed by atoms with van der Waals surface area (Å²) in [6.07, 6.45) is 0.751. The van der Waals surface area contributed by atoms with Crippen LogP contribution in [0.5, 0.6) is 5.75 Å². The molecule has 0 aliphatic carbocycles. The van der Waals surface area contributed by atoms with Crippen molar-refractivity contribution in [1.82, 2.24) is 10.2 Å². The van der Waals surface area contributed by atoms with Gasteiger partial charge in [0.15, 0.2) is 6.61 Å². The number of carbonyl (C=O) groups is 2. The van der Waals surface area contributed by atoms with Crippen molar-refractivity contribution in [1.29, 1.82) is 0 Å². The molecule has 0 aliphatic rings. The number of amides is 1. The molecule has 1 amide bonds. The average Bonchev–Trinajstić information content (AvgIpc) is 2.77. The van der Waals surface area contributed by atoms with Gasteiger partial charge in [0, 0.05) is 5.56 Å². The highest BCUT2D eigenvalue weighted by Gasteiger charge is 2.10. The molecule has 0 radical (unpaired) electrons. The van der Waals surface area contributed by atoms with Crippen LogP contribution in [0.3, 0.4) is 0 Å². The van der Waals surface area contributed by atoms with E-state index in [1.54, 1.807) is 31.2 Å². The molecule has 1 aromatic carbocycles. The lowest BCUT2D eigenvalue weighted by Crippen LogP contribution is -2.20. The normalized spacial score (nSPS) is 10.1. The Labute approximate surface area is 116 Å². The number of benzene rings is 1. The van der Waals surface area contributed by atoms with Crippen molar-refractivity contribution in [2.75, 3.05) is 11.9 Å². The number of aromatic nitrogens is 2. The molecule has 6 heteroatoms. The first-order valence-corrected chi connectivity index (χ1v) is 6.09. The molecule has 0 bridgehead atoms. The fraction of sp³-hybridized carbons (Fsp3) is 0.214. The zero-order valence-electron chi connectivity index (χ0n) is 11.3. The molecule has 0 aliphatic heterocycles. The Bertz CT molecular complexity index is 598. The summed E-state index contributed by atoms with van der Waals surface area (Å²) in [5.74, 6) is 0.267. The molecule has 104 valence electrons. The topological polar surface area (TPSA) is 84.1 Å². The fourth-order valence-electron chi connectivity index (χ4n) is 1.70. The number of aryl methyl sites for hydroxylation is 2. The lowest BCUT2D eigenvalue weighted by Gasteiger charge is -2.07. The lowest BCUT2D eigenvalue weighted by molar-refractivity contribution is -0.118. The van der Waals surface area contributed by atoms with E-state index in [9.17, 15) is 9.59 Å². The lowest BCUT2D eigenvalue weighted by atomic mass is 10.2. The van der Waals surface area contributed by atoms with Crippen molar-refractivity contribution in [2.24, 2.45) is 0 Å². The Morgan fingerprint density at radius 3 is 2.60 bits per heavy atom. The molecule has 0 saturated carbocycles. The molecule has 0 fully saturated rings. The number of hydrogen-bond acceptors (Lipinski definition) is 4. The number of nitrogens with zero attached hydrogens (tertiary/aromatic N) is 1. The second kappa shape index (κ2) is 6.01. The van der Waals surface area contributed by atoms with Crippen LogP contribution in [0.4, 0.5) is 5.69 Å². The summed E-state index contributed by atoms with van der Waals surface area (Å²) in [7, 11) is 0. The highest BCUT2D eigenvalue weighted by Crippen LogP contribution is 2.16. The van der Waals surface area contributed by atoms with Crippen LogP contribution in [0.2, 0.25) is 0 Å². The zero-order chi connectivity index (χ0) is 14.5. The number of ether oxygens (including phenoxy) is 1.